The van der Waals surface area contributed by atoms with Crippen molar-refractivity contribution in [3.05, 3.63) is 16.7 Å². The number of hydrogen-bond acceptors (Lipinski definition) is 3. The Balaban J connectivity index is 2.02. The summed E-state index contributed by atoms with van der Waals surface area (Å²) in [5.74, 6) is -0.00611. The van der Waals surface area contributed by atoms with Crippen molar-refractivity contribution >= 4 is 29.1 Å². The van der Waals surface area contributed by atoms with Gasteiger partial charge in [0, 0.05) is 12.6 Å². The van der Waals surface area contributed by atoms with Gasteiger partial charge in [0.2, 0.25) is 0 Å². The zero-order chi connectivity index (χ0) is 13.1. The van der Waals surface area contributed by atoms with Crippen molar-refractivity contribution in [2.24, 2.45) is 0 Å². The van der Waals surface area contributed by atoms with Crippen LogP contribution in [0.25, 0.3) is 0 Å². The summed E-state index contributed by atoms with van der Waals surface area (Å²) in [6.45, 7) is 3.50. The monoisotopic (exact) mass is 290 g/mol. The summed E-state index contributed by atoms with van der Waals surface area (Å²) in [6, 6.07) is -0.0330. The second kappa shape index (κ2) is 5.91. The van der Waals surface area contributed by atoms with Gasteiger partial charge >= 0.3 is 0 Å². The fourth-order valence-electron chi connectivity index (χ4n) is 1.95. The van der Waals surface area contributed by atoms with Crippen molar-refractivity contribution in [2.45, 2.75) is 31.2 Å². The lowest BCUT2D eigenvalue weighted by Crippen LogP contribution is -2.50. The molecule has 0 spiro atoms. The SMILES string of the molecule is CCc1[nH]c(C(=O)NC2CCNCC2Cl)nc1Cl. The van der Waals surface area contributed by atoms with E-state index in [-0.39, 0.29) is 23.2 Å². The Labute approximate surface area is 116 Å². The number of rotatable bonds is 3. The molecule has 2 heterocycles. The molecule has 18 heavy (non-hydrogen) atoms. The molecule has 100 valence electrons. The molecule has 2 atom stereocenters. The van der Waals surface area contributed by atoms with Gasteiger partial charge in [-0.1, -0.05) is 18.5 Å². The first-order valence-electron chi connectivity index (χ1n) is 6.01. The normalized spacial score (nSPS) is 23.9. The number of nitrogens with one attached hydrogen (secondary N) is 3. The van der Waals surface area contributed by atoms with Crippen LogP contribution in [0.3, 0.4) is 0 Å². The van der Waals surface area contributed by atoms with Gasteiger partial charge < -0.3 is 15.6 Å². The second-order valence-electron chi connectivity index (χ2n) is 4.30. The maximum Gasteiger partial charge on any atom is 0.287 e. The quantitative estimate of drug-likeness (QED) is 0.736. The van der Waals surface area contributed by atoms with Gasteiger partial charge in [0.1, 0.15) is 0 Å². The van der Waals surface area contributed by atoms with Crippen molar-refractivity contribution in [1.29, 1.82) is 0 Å². The molecule has 1 fully saturated rings. The van der Waals surface area contributed by atoms with E-state index in [1.165, 1.54) is 0 Å². The van der Waals surface area contributed by atoms with Gasteiger partial charge in [-0.3, -0.25) is 4.79 Å². The van der Waals surface area contributed by atoms with Crippen LogP contribution in [0.1, 0.15) is 29.7 Å². The highest BCUT2D eigenvalue weighted by molar-refractivity contribution is 6.30. The molecule has 0 aromatic carbocycles. The number of carbonyl (C=O) groups excluding carboxylic acids is 1. The maximum atomic E-state index is 12.0. The van der Waals surface area contributed by atoms with Crippen LogP contribution >= 0.6 is 23.2 Å². The molecule has 7 heteroatoms. The number of H-pyrrole nitrogens is 1. The second-order valence-corrected chi connectivity index (χ2v) is 5.22. The van der Waals surface area contributed by atoms with Gasteiger partial charge in [-0.05, 0) is 19.4 Å². The zero-order valence-electron chi connectivity index (χ0n) is 10.1. The van der Waals surface area contributed by atoms with E-state index in [1.807, 2.05) is 6.92 Å². The van der Waals surface area contributed by atoms with Gasteiger partial charge in [-0.25, -0.2) is 4.98 Å². The minimum Gasteiger partial charge on any atom is -0.345 e. The van der Waals surface area contributed by atoms with Crippen LogP contribution in [0.15, 0.2) is 0 Å². The molecule has 3 N–H and O–H groups in total. The number of imidazole rings is 1. The van der Waals surface area contributed by atoms with Crippen LogP contribution in [0, 0.1) is 0 Å². The van der Waals surface area contributed by atoms with Gasteiger partial charge in [-0.15, -0.1) is 11.6 Å². The molecule has 1 saturated heterocycles. The molecular formula is C11H16Cl2N4O. The molecule has 1 aromatic heterocycles. The molecule has 1 amide bonds. The number of aromatic amines is 1. The molecule has 1 aliphatic rings. The molecule has 2 unspecified atom stereocenters. The van der Waals surface area contributed by atoms with E-state index < -0.39 is 0 Å². The third-order valence-electron chi connectivity index (χ3n) is 3.02. The molecule has 2 rings (SSSR count). The lowest BCUT2D eigenvalue weighted by molar-refractivity contribution is 0.0920. The number of hydrogen-bond donors (Lipinski definition) is 3. The Kier molecular flexibility index (Phi) is 4.48. The van der Waals surface area contributed by atoms with Gasteiger partial charge in [0.25, 0.3) is 5.91 Å². The Bertz CT molecular complexity index is 435. The van der Waals surface area contributed by atoms with Crippen LogP contribution in [0.2, 0.25) is 5.15 Å². The largest absolute Gasteiger partial charge is 0.345 e. The third-order valence-corrected chi connectivity index (χ3v) is 3.79. The predicted octanol–water partition coefficient (Wildman–Crippen LogP) is 1.32. The smallest absolute Gasteiger partial charge is 0.287 e. The summed E-state index contributed by atoms with van der Waals surface area (Å²) in [5.41, 5.74) is 0.773. The molecule has 0 radical (unpaired) electrons. The maximum absolute atomic E-state index is 12.0. The van der Waals surface area contributed by atoms with Gasteiger partial charge in [-0.2, -0.15) is 0 Å². The lowest BCUT2D eigenvalue weighted by Gasteiger charge is -2.28. The van der Waals surface area contributed by atoms with Crippen molar-refractivity contribution < 1.29 is 4.79 Å². The molecule has 0 bridgehead atoms. The fourth-order valence-corrected chi connectivity index (χ4v) is 2.51. The minimum absolute atomic E-state index is 0.0330. The first-order chi connectivity index (χ1) is 8.61. The number of halogens is 2. The van der Waals surface area contributed by atoms with E-state index in [1.54, 1.807) is 0 Å². The summed E-state index contributed by atoms with van der Waals surface area (Å²) in [7, 11) is 0. The van der Waals surface area contributed by atoms with Gasteiger partial charge in [0.15, 0.2) is 11.0 Å². The fraction of sp³-hybridized carbons (Fsp3) is 0.636. The van der Waals surface area contributed by atoms with E-state index in [4.69, 9.17) is 23.2 Å². The van der Waals surface area contributed by atoms with Crippen molar-refractivity contribution in [3.63, 3.8) is 0 Å². The van der Waals surface area contributed by atoms with E-state index in [2.05, 4.69) is 20.6 Å². The van der Waals surface area contributed by atoms with Crippen LogP contribution in [0.5, 0.6) is 0 Å². The van der Waals surface area contributed by atoms with Crippen LogP contribution in [-0.4, -0.2) is 40.4 Å². The number of piperidine rings is 1. The van der Waals surface area contributed by atoms with E-state index in [9.17, 15) is 4.79 Å². The zero-order valence-corrected chi connectivity index (χ0v) is 11.6. The summed E-state index contributed by atoms with van der Waals surface area (Å²) >= 11 is 12.0. The molecule has 1 aromatic rings. The summed E-state index contributed by atoms with van der Waals surface area (Å²) in [5, 5.41) is 6.32. The van der Waals surface area contributed by atoms with Crippen LogP contribution in [0.4, 0.5) is 0 Å². The summed E-state index contributed by atoms with van der Waals surface area (Å²) in [4.78, 5) is 18.9. The van der Waals surface area contributed by atoms with Crippen LogP contribution < -0.4 is 10.6 Å². The molecular weight excluding hydrogens is 275 g/mol. The van der Waals surface area contributed by atoms with Crippen molar-refractivity contribution in [1.82, 2.24) is 20.6 Å². The number of aromatic nitrogens is 2. The van der Waals surface area contributed by atoms with Gasteiger partial charge in [0.05, 0.1) is 11.1 Å². The summed E-state index contributed by atoms with van der Waals surface area (Å²) < 4.78 is 0. The Morgan fingerprint density at radius 3 is 3.00 bits per heavy atom. The first-order valence-corrected chi connectivity index (χ1v) is 6.83. The molecule has 1 aliphatic heterocycles. The average Bonchev–Trinajstić information content (AvgIpc) is 2.73. The van der Waals surface area contributed by atoms with E-state index in [0.29, 0.717) is 18.1 Å². The van der Waals surface area contributed by atoms with Crippen molar-refractivity contribution in [3.8, 4) is 0 Å². The Hall–Kier alpha value is -0.780. The van der Waals surface area contributed by atoms with Crippen LogP contribution in [-0.2, 0) is 6.42 Å². The van der Waals surface area contributed by atoms with Crippen molar-refractivity contribution in [2.75, 3.05) is 13.1 Å². The number of carbonyl (C=O) groups is 1. The highest BCUT2D eigenvalue weighted by Crippen LogP contribution is 2.14. The lowest BCUT2D eigenvalue weighted by atomic mass is 10.1. The standard InChI is InChI=1S/C11H16Cl2N4O/c1-2-7-9(13)17-10(15-7)11(18)16-8-3-4-14-5-6(8)12/h6,8,14H,2-5H2,1H3,(H,15,17)(H,16,18). The average molecular weight is 291 g/mol. The van der Waals surface area contributed by atoms with E-state index in [0.717, 1.165) is 18.7 Å². The Morgan fingerprint density at radius 1 is 1.61 bits per heavy atom. The van der Waals surface area contributed by atoms with E-state index >= 15 is 0 Å². The Morgan fingerprint density at radius 2 is 2.39 bits per heavy atom. The number of amides is 1. The summed E-state index contributed by atoms with van der Waals surface area (Å²) in [6.07, 6.45) is 1.53. The number of alkyl halides is 1. The third kappa shape index (κ3) is 2.96. The number of aryl methyl sites for hydroxylation is 1. The molecule has 0 aliphatic carbocycles. The highest BCUT2D eigenvalue weighted by Gasteiger charge is 2.26. The predicted molar refractivity (Wildman–Crippen MR) is 71.4 cm³/mol. The first kappa shape index (κ1) is 13.6. The molecule has 0 saturated carbocycles. The molecule has 5 nitrogen and oxygen atoms in total. The number of nitrogens with zero attached hydrogens (tertiary/aromatic N) is 1. The highest BCUT2D eigenvalue weighted by atomic mass is 35.5. The minimum atomic E-state index is -0.255. The topological polar surface area (TPSA) is 69.8 Å².